The number of hydrogen-bond donors (Lipinski definition) is 0. The lowest BCUT2D eigenvalue weighted by molar-refractivity contribution is -0.119. The summed E-state index contributed by atoms with van der Waals surface area (Å²) in [7, 11) is -3.94. The number of fused-ring (bicyclic) bond motifs is 1. The van der Waals surface area contributed by atoms with Crippen molar-refractivity contribution >= 4 is 21.6 Å². The first-order valence-corrected chi connectivity index (χ1v) is 11.5. The Morgan fingerprint density at radius 1 is 1.00 bits per heavy atom. The fourth-order valence-corrected chi connectivity index (χ4v) is 5.33. The highest BCUT2D eigenvalue weighted by Gasteiger charge is 2.34. The monoisotopic (exact) mass is 438 g/mol. The number of halogens is 1. The number of nitrogens with zero attached hydrogens (tertiary/aromatic N) is 2. The third-order valence-electron chi connectivity index (χ3n) is 5.44. The molecule has 0 bridgehead atoms. The molecular weight excluding hydrogens is 415 g/mol. The predicted octanol–water partition coefficient (Wildman–Crippen LogP) is 3.99. The van der Waals surface area contributed by atoms with Gasteiger partial charge in [-0.1, -0.05) is 48.5 Å². The Morgan fingerprint density at radius 2 is 1.65 bits per heavy atom. The molecule has 0 saturated heterocycles. The summed E-state index contributed by atoms with van der Waals surface area (Å²) in [6.45, 7) is 1.61. The van der Waals surface area contributed by atoms with Crippen molar-refractivity contribution in [2.24, 2.45) is 0 Å². The molecule has 4 rings (SSSR count). The van der Waals surface area contributed by atoms with Crippen LogP contribution in [0, 0.1) is 5.82 Å². The lowest BCUT2D eigenvalue weighted by atomic mass is 10.1. The number of anilines is 1. The predicted molar refractivity (Wildman–Crippen MR) is 118 cm³/mol. The highest BCUT2D eigenvalue weighted by Crippen LogP contribution is 2.32. The van der Waals surface area contributed by atoms with Crippen LogP contribution in [0.4, 0.5) is 10.1 Å². The van der Waals surface area contributed by atoms with Crippen molar-refractivity contribution in [1.82, 2.24) is 4.31 Å². The van der Waals surface area contributed by atoms with Crippen LogP contribution in [0.1, 0.15) is 18.1 Å². The Kier molecular flexibility index (Phi) is 5.89. The molecule has 1 aliphatic rings. The molecular formula is C24H23FN2O3S. The van der Waals surface area contributed by atoms with Gasteiger partial charge in [-0.2, -0.15) is 4.31 Å². The first kappa shape index (κ1) is 21.2. The molecule has 0 spiro atoms. The van der Waals surface area contributed by atoms with Crippen molar-refractivity contribution in [3.63, 3.8) is 0 Å². The van der Waals surface area contributed by atoms with Crippen molar-refractivity contribution in [2.75, 3.05) is 11.4 Å². The Hall–Kier alpha value is -3.03. The molecule has 0 aliphatic carbocycles. The second-order valence-electron chi connectivity index (χ2n) is 7.66. The molecule has 0 N–H and O–H groups in total. The first-order valence-electron chi connectivity index (χ1n) is 10.1. The van der Waals surface area contributed by atoms with Crippen molar-refractivity contribution < 1.29 is 17.6 Å². The third kappa shape index (κ3) is 4.38. The van der Waals surface area contributed by atoms with Gasteiger partial charge in [0.05, 0.1) is 11.4 Å². The molecule has 7 heteroatoms. The summed E-state index contributed by atoms with van der Waals surface area (Å²) in [5.74, 6) is -0.696. The summed E-state index contributed by atoms with van der Waals surface area (Å²) >= 11 is 0. The summed E-state index contributed by atoms with van der Waals surface area (Å²) in [4.78, 5) is 15.1. The molecule has 1 heterocycles. The van der Waals surface area contributed by atoms with Crippen LogP contribution < -0.4 is 4.90 Å². The standard InChI is InChI=1S/C24H23FN2O3S/c1-18-15-20-7-5-6-10-23(20)27(18)24(28)17-26(16-19-11-13-21(25)14-12-19)31(29,30)22-8-3-2-4-9-22/h2-14,18H,15-17H2,1H3/t18-/m1/s1. The number of carbonyl (C=O) groups is 1. The molecule has 0 aromatic heterocycles. The van der Waals surface area contributed by atoms with Crippen LogP contribution in [0.3, 0.4) is 0 Å². The number of amides is 1. The van der Waals surface area contributed by atoms with E-state index in [1.807, 2.05) is 31.2 Å². The van der Waals surface area contributed by atoms with Crippen LogP contribution >= 0.6 is 0 Å². The molecule has 0 radical (unpaired) electrons. The van der Waals surface area contributed by atoms with E-state index >= 15 is 0 Å². The minimum absolute atomic E-state index is 0.0346. The Labute approximate surface area is 181 Å². The van der Waals surface area contributed by atoms with E-state index in [0.29, 0.717) is 5.56 Å². The second-order valence-corrected chi connectivity index (χ2v) is 9.60. The lowest BCUT2D eigenvalue weighted by Gasteiger charge is -2.27. The maximum absolute atomic E-state index is 13.4. The van der Waals surface area contributed by atoms with Crippen molar-refractivity contribution in [1.29, 1.82) is 0 Å². The first-order chi connectivity index (χ1) is 14.9. The average molecular weight is 439 g/mol. The Morgan fingerprint density at radius 3 is 2.35 bits per heavy atom. The number of hydrogen-bond acceptors (Lipinski definition) is 3. The van der Waals surface area contributed by atoms with E-state index in [9.17, 15) is 17.6 Å². The zero-order valence-corrected chi connectivity index (χ0v) is 17.9. The van der Waals surface area contributed by atoms with E-state index in [1.54, 1.807) is 23.1 Å². The van der Waals surface area contributed by atoms with Gasteiger partial charge in [-0.05, 0) is 54.8 Å². The van der Waals surface area contributed by atoms with Crippen LogP contribution in [0.15, 0.2) is 83.8 Å². The number of para-hydroxylation sites is 1. The van der Waals surface area contributed by atoms with E-state index in [-0.39, 0.29) is 29.9 Å². The lowest BCUT2D eigenvalue weighted by Crippen LogP contribution is -2.44. The van der Waals surface area contributed by atoms with Crippen molar-refractivity contribution in [3.8, 4) is 0 Å². The van der Waals surface area contributed by atoms with Gasteiger partial charge in [0.15, 0.2) is 0 Å². The fraction of sp³-hybridized carbons (Fsp3) is 0.208. The summed E-state index contributed by atoms with van der Waals surface area (Å²) in [6.07, 6.45) is 0.727. The van der Waals surface area contributed by atoms with Gasteiger partial charge in [0.2, 0.25) is 15.9 Å². The maximum atomic E-state index is 13.4. The topological polar surface area (TPSA) is 57.7 Å². The van der Waals surface area contributed by atoms with Crippen LogP contribution in [-0.4, -0.2) is 31.2 Å². The fourth-order valence-electron chi connectivity index (χ4n) is 3.93. The molecule has 5 nitrogen and oxygen atoms in total. The van der Waals surface area contributed by atoms with Gasteiger partial charge in [0, 0.05) is 18.3 Å². The molecule has 0 fully saturated rings. The normalized spacial score (nSPS) is 15.8. The minimum atomic E-state index is -3.94. The van der Waals surface area contributed by atoms with Gasteiger partial charge in [-0.3, -0.25) is 4.79 Å². The van der Waals surface area contributed by atoms with E-state index in [2.05, 4.69) is 0 Å². The van der Waals surface area contributed by atoms with E-state index in [4.69, 9.17) is 0 Å². The molecule has 1 amide bonds. The largest absolute Gasteiger partial charge is 0.308 e. The quantitative estimate of drug-likeness (QED) is 0.585. The van der Waals surface area contributed by atoms with Gasteiger partial charge in [0.25, 0.3) is 0 Å². The Balaban J connectivity index is 1.66. The molecule has 1 aliphatic heterocycles. The summed E-state index contributed by atoms with van der Waals surface area (Å²) in [6, 6.07) is 21.3. The SMILES string of the molecule is C[C@@H]1Cc2ccccc2N1C(=O)CN(Cc1ccc(F)cc1)S(=O)(=O)c1ccccc1. The molecule has 0 saturated carbocycles. The number of carbonyl (C=O) groups excluding carboxylic acids is 1. The van der Waals surface area contributed by atoms with Gasteiger partial charge in [-0.15, -0.1) is 0 Å². The van der Waals surface area contributed by atoms with Gasteiger partial charge < -0.3 is 4.90 Å². The average Bonchev–Trinajstić information content (AvgIpc) is 3.11. The number of benzene rings is 3. The van der Waals surface area contributed by atoms with E-state index in [0.717, 1.165) is 22.0 Å². The summed E-state index contributed by atoms with van der Waals surface area (Å²) in [5, 5.41) is 0. The van der Waals surface area contributed by atoms with E-state index < -0.39 is 15.8 Å². The van der Waals surface area contributed by atoms with Gasteiger partial charge in [-0.25, -0.2) is 12.8 Å². The molecule has 0 unspecified atom stereocenters. The van der Waals surface area contributed by atoms with Crippen molar-refractivity contribution in [2.45, 2.75) is 30.8 Å². The van der Waals surface area contributed by atoms with Crippen molar-refractivity contribution in [3.05, 3.63) is 95.8 Å². The molecule has 3 aromatic rings. The number of sulfonamides is 1. The van der Waals surface area contributed by atoms with Crippen LogP contribution in [0.25, 0.3) is 0 Å². The van der Waals surface area contributed by atoms with Crippen LogP contribution in [0.2, 0.25) is 0 Å². The molecule has 160 valence electrons. The highest BCUT2D eigenvalue weighted by molar-refractivity contribution is 7.89. The smallest absolute Gasteiger partial charge is 0.243 e. The maximum Gasteiger partial charge on any atom is 0.243 e. The van der Waals surface area contributed by atoms with E-state index in [1.165, 1.54) is 36.4 Å². The second kappa shape index (κ2) is 8.61. The zero-order valence-electron chi connectivity index (χ0n) is 17.1. The van der Waals surface area contributed by atoms with Crippen LogP contribution in [-0.2, 0) is 27.8 Å². The zero-order chi connectivity index (χ0) is 22.0. The summed E-state index contributed by atoms with van der Waals surface area (Å²) in [5.41, 5.74) is 2.49. The van der Waals surface area contributed by atoms with Crippen LogP contribution in [0.5, 0.6) is 0 Å². The molecule has 31 heavy (non-hydrogen) atoms. The minimum Gasteiger partial charge on any atom is -0.308 e. The van der Waals surface area contributed by atoms with Gasteiger partial charge in [0.1, 0.15) is 5.82 Å². The Bertz CT molecular complexity index is 1180. The number of rotatable bonds is 6. The van der Waals surface area contributed by atoms with Gasteiger partial charge >= 0.3 is 0 Å². The molecule has 3 aromatic carbocycles. The summed E-state index contributed by atoms with van der Waals surface area (Å²) < 4.78 is 41.2. The highest BCUT2D eigenvalue weighted by atomic mass is 32.2. The third-order valence-corrected chi connectivity index (χ3v) is 7.25. The molecule has 1 atom stereocenters.